The maximum absolute atomic E-state index is 13.3. The van der Waals surface area contributed by atoms with Crippen LogP contribution in [0.2, 0.25) is 0 Å². The normalized spacial score (nSPS) is 17.6. The third-order valence-corrected chi connectivity index (χ3v) is 4.94. The predicted octanol–water partition coefficient (Wildman–Crippen LogP) is 2.88. The summed E-state index contributed by atoms with van der Waals surface area (Å²) >= 11 is 0. The second-order valence-corrected chi connectivity index (χ2v) is 7.19. The van der Waals surface area contributed by atoms with Gasteiger partial charge >= 0.3 is 0 Å². The molecule has 6 nitrogen and oxygen atoms in total. The summed E-state index contributed by atoms with van der Waals surface area (Å²) in [5.74, 6) is 0.993. The van der Waals surface area contributed by atoms with Crippen molar-refractivity contribution in [1.82, 2.24) is 15.5 Å². The maximum atomic E-state index is 13.3. The van der Waals surface area contributed by atoms with E-state index in [4.69, 9.17) is 14.5 Å². The van der Waals surface area contributed by atoms with Crippen molar-refractivity contribution in [2.45, 2.75) is 38.3 Å². The zero-order valence-electron chi connectivity index (χ0n) is 17.3. The van der Waals surface area contributed by atoms with Crippen molar-refractivity contribution in [3.05, 3.63) is 30.1 Å². The Bertz CT molecular complexity index is 610. The molecule has 1 atom stereocenters. The number of nitrogens with zero attached hydrogens (tertiary/aromatic N) is 2. The smallest absolute Gasteiger partial charge is 0.191 e. The van der Waals surface area contributed by atoms with Gasteiger partial charge in [0.1, 0.15) is 17.7 Å². The second kappa shape index (κ2) is 12.4. The van der Waals surface area contributed by atoms with Crippen molar-refractivity contribution >= 4 is 29.9 Å². The van der Waals surface area contributed by atoms with Gasteiger partial charge in [0.05, 0.1) is 13.1 Å². The molecule has 0 radical (unpaired) electrons. The molecule has 160 valence electrons. The van der Waals surface area contributed by atoms with E-state index in [1.165, 1.54) is 12.1 Å². The molecular weight excluding hydrogens is 474 g/mol. The summed E-state index contributed by atoms with van der Waals surface area (Å²) < 4.78 is 24.6. The first-order valence-corrected chi connectivity index (χ1v) is 9.65. The van der Waals surface area contributed by atoms with Gasteiger partial charge in [0.15, 0.2) is 5.96 Å². The molecule has 1 aliphatic rings. The van der Waals surface area contributed by atoms with Gasteiger partial charge in [-0.1, -0.05) is 6.07 Å². The van der Waals surface area contributed by atoms with Gasteiger partial charge < -0.3 is 25.0 Å². The molecule has 1 saturated heterocycles. The fraction of sp³-hybridized carbons (Fsp3) is 0.650. The lowest BCUT2D eigenvalue weighted by atomic mass is 9.89. The Hall–Kier alpha value is -1.13. The summed E-state index contributed by atoms with van der Waals surface area (Å²) in [6.45, 7) is 7.59. The Labute approximate surface area is 185 Å². The number of nitrogens with one attached hydrogen (secondary N) is 2. The summed E-state index contributed by atoms with van der Waals surface area (Å²) in [4.78, 5) is 7.07. The molecule has 8 heteroatoms. The van der Waals surface area contributed by atoms with E-state index in [2.05, 4.69) is 29.6 Å². The fourth-order valence-electron chi connectivity index (χ4n) is 3.12. The third kappa shape index (κ3) is 7.71. The summed E-state index contributed by atoms with van der Waals surface area (Å²) in [5.41, 5.74) is 0.0320. The van der Waals surface area contributed by atoms with Gasteiger partial charge in [0, 0.05) is 31.4 Å². The molecule has 1 aromatic carbocycles. The van der Waals surface area contributed by atoms with Crippen LogP contribution in [0.1, 0.15) is 26.7 Å². The van der Waals surface area contributed by atoms with E-state index in [9.17, 15) is 4.39 Å². The summed E-state index contributed by atoms with van der Waals surface area (Å²) in [5, 5.41) is 6.60. The van der Waals surface area contributed by atoms with Gasteiger partial charge in [-0.25, -0.2) is 4.39 Å². The summed E-state index contributed by atoms with van der Waals surface area (Å²) in [6.07, 6.45) is 1.82. The first-order chi connectivity index (χ1) is 12.9. The molecule has 1 unspecified atom stereocenters. The largest absolute Gasteiger partial charge is 0.489 e. The molecule has 0 aromatic heterocycles. The van der Waals surface area contributed by atoms with E-state index in [0.717, 1.165) is 38.6 Å². The van der Waals surface area contributed by atoms with Gasteiger partial charge in [-0.15, -0.1) is 24.0 Å². The lowest BCUT2D eigenvalue weighted by Crippen LogP contribution is -2.52. The van der Waals surface area contributed by atoms with E-state index in [0.29, 0.717) is 18.8 Å². The van der Waals surface area contributed by atoms with Crippen LogP contribution in [0.25, 0.3) is 0 Å². The van der Waals surface area contributed by atoms with Crippen LogP contribution < -0.4 is 15.4 Å². The van der Waals surface area contributed by atoms with Crippen LogP contribution in [0.3, 0.4) is 0 Å². The van der Waals surface area contributed by atoms with Crippen LogP contribution in [0.15, 0.2) is 29.3 Å². The number of aliphatic imine (C=N–C) groups is 1. The standard InChI is InChI=1S/C20H33FN4O2.HI/c1-5-22-19(24-15-20(25(3)4)9-11-26-12-10-20)23-14-16(2)27-18-8-6-7-17(21)13-18;/h6-8,13,16H,5,9-12,14-15H2,1-4H3,(H2,22,23,24);1H. The molecule has 28 heavy (non-hydrogen) atoms. The Kier molecular flexibility index (Phi) is 11.1. The molecule has 0 amide bonds. The highest BCUT2D eigenvalue weighted by atomic mass is 127. The van der Waals surface area contributed by atoms with Crippen molar-refractivity contribution in [2.75, 3.05) is 46.9 Å². The number of likely N-dealkylation sites (N-methyl/N-ethyl adjacent to an activating group) is 1. The first kappa shape index (κ1) is 24.9. The number of halogens is 2. The molecule has 1 aromatic rings. The molecule has 1 fully saturated rings. The number of ether oxygens (including phenoxy) is 2. The lowest BCUT2D eigenvalue weighted by molar-refractivity contribution is -0.00255. The van der Waals surface area contributed by atoms with E-state index in [-0.39, 0.29) is 41.4 Å². The van der Waals surface area contributed by atoms with Crippen LogP contribution in [-0.4, -0.2) is 69.4 Å². The van der Waals surface area contributed by atoms with Crippen LogP contribution >= 0.6 is 24.0 Å². The van der Waals surface area contributed by atoms with Crippen molar-refractivity contribution in [1.29, 1.82) is 0 Å². The summed E-state index contributed by atoms with van der Waals surface area (Å²) in [7, 11) is 4.21. The number of hydrogen-bond donors (Lipinski definition) is 2. The topological polar surface area (TPSA) is 58.1 Å². The Morgan fingerprint density at radius 2 is 2.04 bits per heavy atom. The Morgan fingerprint density at radius 1 is 1.32 bits per heavy atom. The van der Waals surface area contributed by atoms with Crippen LogP contribution in [0.4, 0.5) is 4.39 Å². The molecule has 0 bridgehead atoms. The van der Waals surface area contributed by atoms with Crippen molar-refractivity contribution in [2.24, 2.45) is 4.99 Å². The summed E-state index contributed by atoms with van der Waals surface area (Å²) in [6, 6.07) is 6.19. The SMILES string of the molecule is CCNC(=NCC1(N(C)C)CCOCC1)NCC(C)Oc1cccc(F)c1.I. The van der Waals surface area contributed by atoms with Crippen molar-refractivity contribution < 1.29 is 13.9 Å². The fourth-order valence-corrected chi connectivity index (χ4v) is 3.12. The molecule has 1 heterocycles. The number of rotatable bonds is 8. The van der Waals surface area contributed by atoms with Crippen LogP contribution in [0.5, 0.6) is 5.75 Å². The average molecular weight is 508 g/mol. The zero-order chi connectivity index (χ0) is 19.7. The molecule has 0 spiro atoms. The highest BCUT2D eigenvalue weighted by Crippen LogP contribution is 2.26. The number of guanidine groups is 1. The minimum atomic E-state index is -0.298. The minimum Gasteiger partial charge on any atom is -0.489 e. The Morgan fingerprint density at radius 3 is 2.64 bits per heavy atom. The van der Waals surface area contributed by atoms with Gasteiger partial charge in [-0.05, 0) is 52.9 Å². The quantitative estimate of drug-likeness (QED) is 0.322. The van der Waals surface area contributed by atoms with Crippen molar-refractivity contribution in [3.63, 3.8) is 0 Å². The van der Waals surface area contributed by atoms with Crippen molar-refractivity contribution in [3.8, 4) is 5.75 Å². The van der Waals surface area contributed by atoms with E-state index >= 15 is 0 Å². The van der Waals surface area contributed by atoms with E-state index in [1.54, 1.807) is 12.1 Å². The highest BCUT2D eigenvalue weighted by molar-refractivity contribution is 14.0. The van der Waals surface area contributed by atoms with Gasteiger partial charge in [0.25, 0.3) is 0 Å². The Balaban J connectivity index is 0.00000392. The highest BCUT2D eigenvalue weighted by Gasteiger charge is 2.34. The molecule has 0 aliphatic carbocycles. The zero-order valence-corrected chi connectivity index (χ0v) is 19.7. The molecule has 1 aliphatic heterocycles. The van der Waals surface area contributed by atoms with Gasteiger partial charge in [0.2, 0.25) is 0 Å². The second-order valence-electron chi connectivity index (χ2n) is 7.19. The average Bonchev–Trinajstić information content (AvgIpc) is 2.64. The van der Waals surface area contributed by atoms with Crippen LogP contribution in [-0.2, 0) is 4.74 Å². The van der Waals surface area contributed by atoms with E-state index in [1.807, 2.05) is 13.8 Å². The molecule has 2 N–H and O–H groups in total. The number of benzene rings is 1. The maximum Gasteiger partial charge on any atom is 0.191 e. The monoisotopic (exact) mass is 508 g/mol. The third-order valence-electron chi connectivity index (χ3n) is 4.94. The molecule has 0 saturated carbocycles. The lowest BCUT2D eigenvalue weighted by Gasteiger charge is -2.41. The first-order valence-electron chi connectivity index (χ1n) is 9.65. The predicted molar refractivity (Wildman–Crippen MR) is 122 cm³/mol. The van der Waals surface area contributed by atoms with Crippen LogP contribution in [0, 0.1) is 5.82 Å². The molecule has 2 rings (SSSR count). The van der Waals surface area contributed by atoms with Gasteiger partial charge in [-0.2, -0.15) is 0 Å². The minimum absolute atomic E-state index is 0. The molecular formula is C20H34FIN4O2. The number of hydrogen-bond acceptors (Lipinski definition) is 4. The van der Waals surface area contributed by atoms with E-state index < -0.39 is 0 Å². The van der Waals surface area contributed by atoms with Gasteiger partial charge in [-0.3, -0.25) is 4.99 Å².